The number of carboxylic acids is 3. The van der Waals surface area contributed by atoms with E-state index in [1.165, 1.54) is 30.5 Å². The minimum absolute atomic E-state index is 0.0277. The fraction of sp³-hybridized carbons (Fsp3) is 0.717. The lowest BCUT2D eigenvalue weighted by atomic mass is 9.96. The maximum Gasteiger partial charge on any atom is 0.326 e. The lowest BCUT2D eigenvalue weighted by molar-refractivity contribution is -0.147. The van der Waals surface area contributed by atoms with E-state index in [9.17, 15) is 77.3 Å². The molecule has 0 radical (unpaired) electrons. The molecular formula is C53H91N15O17S. The van der Waals surface area contributed by atoms with Crippen LogP contribution >= 0.6 is 11.8 Å². The molecule has 486 valence electrons. The Balaban J connectivity index is 3.42. The third-order valence-corrected chi connectivity index (χ3v) is 14.5. The SMILES string of the molecule is CC[C@H](C)[C@H](NC(=O)[C@@H](NC(=O)[C@H](C)NC(=O)[C@H](CC(C)C)NC(=O)[C@H](CCC(=O)O)NC(=O)[C@H](CCCN=C(N)N)NC(=O)[C@@H]1CCCN1C(=O)[C@H](C)NC(=O)[C@H](CCC(N)=O)NC(=O)[C@@H](N)CCSC)C(C)C)C(=O)N[C@@H](CC(=O)O)C(=O)O. The van der Waals surface area contributed by atoms with Crippen molar-refractivity contribution in [2.24, 2.45) is 45.7 Å². The number of thioether (sulfide) groups is 1. The van der Waals surface area contributed by atoms with Gasteiger partial charge < -0.3 is 91.0 Å². The molecule has 0 aromatic carbocycles. The number of rotatable bonds is 40. The normalized spacial score (nSPS) is 16.7. The minimum Gasteiger partial charge on any atom is -0.481 e. The van der Waals surface area contributed by atoms with E-state index in [1.54, 1.807) is 41.5 Å². The molecule has 0 spiro atoms. The van der Waals surface area contributed by atoms with Gasteiger partial charge in [0.2, 0.25) is 65.0 Å². The van der Waals surface area contributed by atoms with Gasteiger partial charge in [0.1, 0.15) is 60.4 Å². The van der Waals surface area contributed by atoms with Gasteiger partial charge in [-0.25, -0.2) is 4.79 Å². The van der Waals surface area contributed by atoms with E-state index in [4.69, 9.17) is 28.0 Å². The van der Waals surface area contributed by atoms with Crippen LogP contribution in [-0.2, 0) is 67.1 Å². The molecule has 0 unspecified atom stereocenters. The molecule has 1 rings (SSSR count). The number of hydrogen-bond acceptors (Lipinski definition) is 17. The van der Waals surface area contributed by atoms with Gasteiger partial charge in [-0.1, -0.05) is 48.0 Å². The molecule has 0 saturated carbocycles. The highest BCUT2D eigenvalue weighted by Crippen LogP contribution is 2.20. The molecule has 0 aromatic heterocycles. The number of nitrogens with two attached hydrogens (primary N) is 4. The van der Waals surface area contributed by atoms with Crippen molar-refractivity contribution in [2.75, 3.05) is 25.1 Å². The second-order valence-corrected chi connectivity index (χ2v) is 22.9. The number of carbonyl (C=O) groups is 14. The van der Waals surface area contributed by atoms with Crippen LogP contribution in [0.3, 0.4) is 0 Å². The number of aliphatic carboxylic acids is 3. The van der Waals surface area contributed by atoms with Gasteiger partial charge in [0.05, 0.1) is 12.5 Å². The summed E-state index contributed by atoms with van der Waals surface area (Å²) in [6.07, 6.45) is 0.0517. The molecule has 1 fully saturated rings. The number of nitrogens with one attached hydrogen (secondary N) is 9. The summed E-state index contributed by atoms with van der Waals surface area (Å²) in [5.74, 6) is -15.2. The molecule has 0 aromatic rings. The van der Waals surface area contributed by atoms with Gasteiger partial charge in [0, 0.05) is 25.9 Å². The summed E-state index contributed by atoms with van der Waals surface area (Å²) < 4.78 is 0. The number of likely N-dealkylation sites (tertiary alicyclic amines) is 1. The van der Waals surface area contributed by atoms with Gasteiger partial charge in [0.15, 0.2) is 5.96 Å². The molecule has 20 N–H and O–H groups in total. The van der Waals surface area contributed by atoms with Gasteiger partial charge >= 0.3 is 17.9 Å². The van der Waals surface area contributed by atoms with Crippen molar-refractivity contribution >= 4 is 101 Å². The highest BCUT2D eigenvalue weighted by Gasteiger charge is 2.40. The van der Waals surface area contributed by atoms with E-state index < -0.39 is 180 Å². The van der Waals surface area contributed by atoms with E-state index in [0.717, 1.165) is 0 Å². The predicted molar refractivity (Wildman–Crippen MR) is 313 cm³/mol. The monoisotopic (exact) mass is 1240 g/mol. The summed E-state index contributed by atoms with van der Waals surface area (Å²) in [5, 5.41) is 50.6. The molecule has 33 heteroatoms. The van der Waals surface area contributed by atoms with Crippen LogP contribution in [0, 0.1) is 17.8 Å². The van der Waals surface area contributed by atoms with Crippen molar-refractivity contribution in [3.63, 3.8) is 0 Å². The van der Waals surface area contributed by atoms with E-state index in [0.29, 0.717) is 25.0 Å². The number of carboxylic acid groups (broad SMARTS) is 3. The van der Waals surface area contributed by atoms with Crippen molar-refractivity contribution in [1.82, 2.24) is 52.8 Å². The summed E-state index contributed by atoms with van der Waals surface area (Å²) in [7, 11) is 0. The van der Waals surface area contributed by atoms with E-state index in [2.05, 4.69) is 52.8 Å². The Kier molecular flexibility index (Phi) is 33.9. The van der Waals surface area contributed by atoms with E-state index in [-0.39, 0.29) is 63.5 Å². The number of carbonyl (C=O) groups excluding carboxylic acids is 11. The van der Waals surface area contributed by atoms with Crippen molar-refractivity contribution in [2.45, 2.75) is 199 Å². The summed E-state index contributed by atoms with van der Waals surface area (Å²) in [6, 6.07) is -15.2. The fourth-order valence-corrected chi connectivity index (χ4v) is 9.23. The summed E-state index contributed by atoms with van der Waals surface area (Å²) in [5.41, 5.74) is 22.3. The lowest BCUT2D eigenvalue weighted by Gasteiger charge is -2.30. The Bertz CT molecular complexity index is 2430. The summed E-state index contributed by atoms with van der Waals surface area (Å²) in [4.78, 5) is 189. The molecule has 1 aliphatic heterocycles. The molecule has 1 saturated heterocycles. The van der Waals surface area contributed by atoms with Crippen LogP contribution in [0.1, 0.15) is 132 Å². The van der Waals surface area contributed by atoms with Crippen molar-refractivity contribution in [3.8, 4) is 0 Å². The predicted octanol–water partition coefficient (Wildman–Crippen LogP) is -4.05. The highest BCUT2D eigenvalue weighted by molar-refractivity contribution is 7.98. The zero-order chi connectivity index (χ0) is 65.7. The van der Waals surface area contributed by atoms with Crippen molar-refractivity contribution in [1.29, 1.82) is 0 Å². The zero-order valence-electron chi connectivity index (χ0n) is 50.4. The standard InChI is InChI=1S/C53H91N15O17S/c1-10-27(6)41(50(82)65-35(52(84)85)24-39(72)73)67-49(81)40(26(4)5)66-42(74)28(7)59-47(79)34(23-25(2)3)64-46(78)33(16-18-38(70)71)62-45(77)31(13-11-20-58-53(56)57)63-48(80)36-14-12-21-68(36)51(83)29(8)60-44(76)32(15-17-37(55)69)61-43(75)30(54)19-22-86-9/h25-36,40-41H,10-24,54H2,1-9H3,(H2,55,69)(H,59,79)(H,60,76)(H,61,75)(H,62,77)(H,63,80)(H,64,78)(H,65,82)(H,66,74)(H,67,81)(H,70,71)(H,72,73)(H,84,85)(H4,56,57,58)/t27-,28-,29-,30-,31-,32-,33-,34-,35-,36-,40-,41-/m0/s1. The number of nitrogens with zero attached hydrogens (tertiary/aromatic N) is 2. The van der Waals surface area contributed by atoms with Crippen LogP contribution in [0.15, 0.2) is 4.99 Å². The average molecular weight is 1240 g/mol. The molecule has 86 heavy (non-hydrogen) atoms. The molecule has 0 aliphatic carbocycles. The Morgan fingerprint density at radius 3 is 1.62 bits per heavy atom. The number of hydrogen-bond donors (Lipinski definition) is 16. The first kappa shape index (κ1) is 76.2. The molecule has 11 amide bonds. The molecule has 0 bridgehead atoms. The summed E-state index contributed by atoms with van der Waals surface area (Å²) >= 11 is 1.45. The summed E-state index contributed by atoms with van der Waals surface area (Å²) in [6.45, 7) is 12.5. The number of guanidine groups is 1. The van der Waals surface area contributed by atoms with Gasteiger partial charge in [-0.2, -0.15) is 11.8 Å². The van der Waals surface area contributed by atoms with Gasteiger partial charge in [-0.3, -0.25) is 67.3 Å². The third kappa shape index (κ3) is 27.5. The molecular weight excluding hydrogens is 1150 g/mol. The third-order valence-electron chi connectivity index (χ3n) is 13.8. The highest BCUT2D eigenvalue weighted by atomic mass is 32.2. The largest absolute Gasteiger partial charge is 0.481 e. The second-order valence-electron chi connectivity index (χ2n) is 21.9. The molecule has 32 nitrogen and oxygen atoms in total. The molecule has 1 heterocycles. The first-order valence-corrected chi connectivity index (χ1v) is 29.8. The number of amides is 11. The van der Waals surface area contributed by atoms with E-state index >= 15 is 0 Å². The smallest absolute Gasteiger partial charge is 0.326 e. The Morgan fingerprint density at radius 2 is 1.09 bits per heavy atom. The quantitative estimate of drug-likeness (QED) is 0.0158. The van der Waals surface area contributed by atoms with Gasteiger partial charge in [-0.15, -0.1) is 0 Å². The second kappa shape index (κ2) is 38.3. The van der Waals surface area contributed by atoms with Crippen LogP contribution in [0.5, 0.6) is 0 Å². The zero-order valence-corrected chi connectivity index (χ0v) is 51.2. The minimum atomic E-state index is -1.82. The van der Waals surface area contributed by atoms with Crippen LogP contribution in [0.25, 0.3) is 0 Å². The van der Waals surface area contributed by atoms with Gasteiger partial charge in [-0.05, 0) is 95.0 Å². The molecule has 1 aliphatic rings. The fourth-order valence-electron chi connectivity index (χ4n) is 8.74. The first-order chi connectivity index (χ1) is 40.1. The topological polar surface area (TPSA) is 528 Å². The average Bonchev–Trinajstić information content (AvgIpc) is 4.10. The maximum absolute atomic E-state index is 14.3. The van der Waals surface area contributed by atoms with Gasteiger partial charge in [0.25, 0.3) is 0 Å². The van der Waals surface area contributed by atoms with Crippen molar-refractivity contribution < 1.29 is 82.4 Å². The Labute approximate surface area is 503 Å². The van der Waals surface area contributed by atoms with Crippen LogP contribution in [0.2, 0.25) is 0 Å². The number of primary amides is 1. The van der Waals surface area contributed by atoms with E-state index in [1.807, 2.05) is 6.26 Å². The van der Waals surface area contributed by atoms with Crippen LogP contribution in [-0.4, -0.2) is 201 Å². The molecule has 12 atom stereocenters. The Hall–Kier alpha value is -7.84. The number of aliphatic imine (C=N–C) groups is 1. The maximum atomic E-state index is 14.3. The lowest BCUT2D eigenvalue weighted by Crippen LogP contribution is -2.61. The first-order valence-electron chi connectivity index (χ1n) is 28.4. The Morgan fingerprint density at radius 1 is 0.581 bits per heavy atom. The van der Waals surface area contributed by atoms with Crippen LogP contribution < -0.4 is 70.8 Å². The van der Waals surface area contributed by atoms with Crippen molar-refractivity contribution in [3.05, 3.63) is 0 Å². The van der Waals surface area contributed by atoms with Crippen LogP contribution in [0.4, 0.5) is 0 Å².